The number of likely N-dealkylation sites (tertiary alicyclic amines) is 1. The molecule has 2 N–H and O–H groups in total. The summed E-state index contributed by atoms with van der Waals surface area (Å²) in [5.41, 5.74) is 6.56. The Hall–Kier alpha value is -0.0800. The molecule has 2 rings (SSSR count). The van der Waals surface area contributed by atoms with Gasteiger partial charge in [-0.3, -0.25) is 4.90 Å². The van der Waals surface area contributed by atoms with Crippen LogP contribution < -0.4 is 5.73 Å². The average Bonchev–Trinajstić information content (AvgIpc) is 2.64. The Kier molecular flexibility index (Phi) is 5.08. The third kappa shape index (κ3) is 3.08. The Morgan fingerprint density at radius 3 is 2.67 bits per heavy atom. The van der Waals surface area contributed by atoms with Gasteiger partial charge in [0.1, 0.15) is 0 Å². The number of hydrogen-bond acceptors (Lipinski definition) is 2. The van der Waals surface area contributed by atoms with E-state index in [1.807, 2.05) is 0 Å². The monoisotopic (exact) mass is 252 g/mol. The van der Waals surface area contributed by atoms with Crippen LogP contribution in [0.4, 0.5) is 0 Å². The third-order valence-electron chi connectivity index (χ3n) is 5.54. The zero-order valence-electron chi connectivity index (χ0n) is 12.5. The maximum Gasteiger partial charge on any atom is 0.0334 e. The first-order valence-electron chi connectivity index (χ1n) is 8.15. The van der Waals surface area contributed by atoms with Crippen molar-refractivity contribution in [2.75, 3.05) is 19.6 Å². The Labute approximate surface area is 113 Å². The van der Waals surface area contributed by atoms with Gasteiger partial charge in [-0.05, 0) is 57.0 Å². The van der Waals surface area contributed by atoms with Crippen LogP contribution in [0, 0.1) is 11.8 Å². The van der Waals surface area contributed by atoms with Crippen LogP contribution in [0.25, 0.3) is 0 Å². The minimum absolute atomic E-state index is 0.348. The lowest BCUT2D eigenvalue weighted by Crippen LogP contribution is -2.56. The van der Waals surface area contributed by atoms with Crippen molar-refractivity contribution in [1.29, 1.82) is 0 Å². The van der Waals surface area contributed by atoms with Gasteiger partial charge in [-0.1, -0.05) is 33.1 Å². The van der Waals surface area contributed by atoms with Crippen LogP contribution in [0.1, 0.15) is 65.2 Å². The molecular formula is C16H32N2. The molecule has 3 unspecified atom stereocenters. The fourth-order valence-electron chi connectivity index (χ4n) is 4.28. The predicted octanol–water partition coefficient (Wildman–Crippen LogP) is 3.41. The van der Waals surface area contributed by atoms with Crippen LogP contribution in [-0.2, 0) is 0 Å². The first-order chi connectivity index (χ1) is 8.70. The first kappa shape index (κ1) is 14.3. The highest BCUT2D eigenvalue weighted by atomic mass is 15.2. The zero-order valence-corrected chi connectivity index (χ0v) is 12.5. The van der Waals surface area contributed by atoms with Crippen molar-refractivity contribution in [3.05, 3.63) is 0 Å². The molecule has 0 radical (unpaired) electrons. The Morgan fingerprint density at radius 1 is 1.17 bits per heavy atom. The summed E-state index contributed by atoms with van der Waals surface area (Å²) in [5.74, 6) is 1.83. The molecule has 0 amide bonds. The highest BCUT2D eigenvalue weighted by Crippen LogP contribution is 2.38. The zero-order chi connectivity index (χ0) is 13.0. The minimum atomic E-state index is 0.348. The van der Waals surface area contributed by atoms with Gasteiger partial charge < -0.3 is 5.73 Å². The van der Waals surface area contributed by atoms with Crippen molar-refractivity contribution >= 4 is 0 Å². The average molecular weight is 252 g/mol. The highest BCUT2D eigenvalue weighted by molar-refractivity contribution is 4.96. The highest BCUT2D eigenvalue weighted by Gasteiger charge is 2.39. The van der Waals surface area contributed by atoms with Crippen molar-refractivity contribution in [2.24, 2.45) is 17.6 Å². The SMILES string of the molecule is CCC1CCCN(C2(CN)CCCC(C)C2)CC1. The largest absolute Gasteiger partial charge is 0.329 e. The van der Waals surface area contributed by atoms with E-state index in [1.54, 1.807) is 0 Å². The Morgan fingerprint density at radius 2 is 2.00 bits per heavy atom. The lowest BCUT2D eigenvalue weighted by Gasteiger charge is -2.47. The van der Waals surface area contributed by atoms with E-state index >= 15 is 0 Å². The van der Waals surface area contributed by atoms with Gasteiger partial charge >= 0.3 is 0 Å². The smallest absolute Gasteiger partial charge is 0.0334 e. The molecule has 1 aliphatic carbocycles. The van der Waals surface area contributed by atoms with Gasteiger partial charge in [-0.25, -0.2) is 0 Å². The number of rotatable bonds is 3. The summed E-state index contributed by atoms with van der Waals surface area (Å²) in [4.78, 5) is 2.78. The van der Waals surface area contributed by atoms with Gasteiger partial charge in [-0.15, -0.1) is 0 Å². The summed E-state index contributed by atoms with van der Waals surface area (Å²) in [6.45, 7) is 8.22. The molecule has 2 nitrogen and oxygen atoms in total. The van der Waals surface area contributed by atoms with E-state index in [0.717, 1.165) is 18.4 Å². The first-order valence-corrected chi connectivity index (χ1v) is 8.15. The molecule has 1 saturated heterocycles. The predicted molar refractivity (Wildman–Crippen MR) is 78.6 cm³/mol. The molecule has 0 aromatic carbocycles. The lowest BCUT2D eigenvalue weighted by molar-refractivity contribution is 0.0410. The second-order valence-electron chi connectivity index (χ2n) is 6.82. The van der Waals surface area contributed by atoms with Gasteiger partial charge in [0.05, 0.1) is 0 Å². The summed E-state index contributed by atoms with van der Waals surface area (Å²) in [6.07, 6.45) is 11.0. The molecule has 1 aliphatic heterocycles. The summed E-state index contributed by atoms with van der Waals surface area (Å²) in [6, 6.07) is 0. The van der Waals surface area contributed by atoms with E-state index in [0.29, 0.717) is 5.54 Å². The van der Waals surface area contributed by atoms with Crippen LogP contribution in [0.15, 0.2) is 0 Å². The fourth-order valence-corrected chi connectivity index (χ4v) is 4.28. The topological polar surface area (TPSA) is 29.3 Å². The molecule has 2 aliphatic rings. The number of nitrogens with zero attached hydrogens (tertiary/aromatic N) is 1. The maximum absolute atomic E-state index is 6.21. The van der Waals surface area contributed by atoms with Crippen molar-refractivity contribution in [2.45, 2.75) is 70.8 Å². The molecule has 0 aromatic heterocycles. The maximum atomic E-state index is 6.21. The summed E-state index contributed by atoms with van der Waals surface area (Å²) in [5, 5.41) is 0. The fraction of sp³-hybridized carbons (Fsp3) is 1.00. The van der Waals surface area contributed by atoms with Crippen LogP contribution in [0.3, 0.4) is 0 Å². The molecule has 1 saturated carbocycles. The van der Waals surface area contributed by atoms with Gasteiger partial charge in [-0.2, -0.15) is 0 Å². The van der Waals surface area contributed by atoms with Crippen molar-refractivity contribution in [3.8, 4) is 0 Å². The molecule has 0 bridgehead atoms. The number of nitrogens with two attached hydrogens (primary N) is 1. The van der Waals surface area contributed by atoms with Crippen LogP contribution in [-0.4, -0.2) is 30.1 Å². The molecule has 2 fully saturated rings. The summed E-state index contributed by atoms with van der Waals surface area (Å²) in [7, 11) is 0. The van der Waals surface area contributed by atoms with Crippen LogP contribution in [0.2, 0.25) is 0 Å². The van der Waals surface area contributed by atoms with E-state index in [9.17, 15) is 0 Å². The molecular weight excluding hydrogens is 220 g/mol. The summed E-state index contributed by atoms with van der Waals surface area (Å²) >= 11 is 0. The molecule has 18 heavy (non-hydrogen) atoms. The standard InChI is InChI=1S/C16H32N2/c1-3-15-7-5-10-18(11-8-15)16(13-17)9-4-6-14(2)12-16/h14-15H,3-13,17H2,1-2H3. The third-order valence-corrected chi connectivity index (χ3v) is 5.54. The van der Waals surface area contributed by atoms with E-state index in [1.165, 1.54) is 64.5 Å². The molecule has 1 heterocycles. The Balaban J connectivity index is 2.02. The normalized spacial score (nSPS) is 39.5. The molecule has 3 atom stereocenters. The van der Waals surface area contributed by atoms with Crippen molar-refractivity contribution in [1.82, 2.24) is 4.90 Å². The van der Waals surface area contributed by atoms with Gasteiger partial charge in [0.25, 0.3) is 0 Å². The molecule has 0 spiro atoms. The second kappa shape index (κ2) is 6.38. The number of hydrogen-bond donors (Lipinski definition) is 1. The molecule has 106 valence electrons. The van der Waals surface area contributed by atoms with E-state index in [4.69, 9.17) is 5.73 Å². The van der Waals surface area contributed by atoms with Crippen LogP contribution in [0.5, 0.6) is 0 Å². The van der Waals surface area contributed by atoms with E-state index in [2.05, 4.69) is 18.7 Å². The minimum Gasteiger partial charge on any atom is -0.329 e. The van der Waals surface area contributed by atoms with Crippen molar-refractivity contribution in [3.63, 3.8) is 0 Å². The van der Waals surface area contributed by atoms with E-state index in [-0.39, 0.29) is 0 Å². The Bertz CT molecular complexity index is 253. The van der Waals surface area contributed by atoms with Gasteiger partial charge in [0, 0.05) is 12.1 Å². The van der Waals surface area contributed by atoms with Crippen molar-refractivity contribution < 1.29 is 0 Å². The van der Waals surface area contributed by atoms with E-state index < -0.39 is 0 Å². The summed E-state index contributed by atoms with van der Waals surface area (Å²) < 4.78 is 0. The quantitative estimate of drug-likeness (QED) is 0.834. The second-order valence-corrected chi connectivity index (χ2v) is 6.82. The van der Waals surface area contributed by atoms with Gasteiger partial charge in [0.15, 0.2) is 0 Å². The molecule has 2 heteroatoms. The van der Waals surface area contributed by atoms with Crippen LogP contribution >= 0.6 is 0 Å². The van der Waals surface area contributed by atoms with Gasteiger partial charge in [0.2, 0.25) is 0 Å². The molecule has 0 aromatic rings. The lowest BCUT2D eigenvalue weighted by atomic mass is 9.75.